The second-order valence-electron chi connectivity index (χ2n) is 6.81. The van der Waals surface area contributed by atoms with Gasteiger partial charge in [-0.2, -0.15) is 5.10 Å². The van der Waals surface area contributed by atoms with Crippen LogP contribution in [0.25, 0.3) is 10.8 Å². The van der Waals surface area contributed by atoms with Crippen molar-refractivity contribution in [2.45, 2.75) is 25.6 Å². The van der Waals surface area contributed by atoms with Gasteiger partial charge in [0.25, 0.3) is 0 Å². The number of rotatable bonds is 4. The Kier molecular flexibility index (Phi) is 5.26. The summed E-state index contributed by atoms with van der Waals surface area (Å²) in [6.07, 6.45) is 1.76. The Labute approximate surface area is 169 Å². The van der Waals surface area contributed by atoms with E-state index >= 15 is 0 Å². The van der Waals surface area contributed by atoms with Gasteiger partial charge in [-0.05, 0) is 35.7 Å². The average molecular weight is 388 g/mol. The lowest BCUT2D eigenvalue weighted by molar-refractivity contribution is -0.126. The molecule has 0 unspecified atom stereocenters. The summed E-state index contributed by atoms with van der Waals surface area (Å²) in [4.78, 5) is 14.3. The number of fused-ring (bicyclic) bond motifs is 1. The first-order valence-electron chi connectivity index (χ1n) is 9.25. The largest absolute Gasteiger partial charge is 0.284 e. The molecule has 140 valence electrons. The van der Waals surface area contributed by atoms with Crippen LogP contribution in [0.1, 0.15) is 23.6 Å². The number of benzene rings is 3. The van der Waals surface area contributed by atoms with E-state index in [1.165, 1.54) is 22.7 Å². The Balaban J connectivity index is 1.61. The van der Waals surface area contributed by atoms with Crippen molar-refractivity contribution in [1.82, 2.24) is 4.90 Å². The molecule has 4 nitrogen and oxygen atoms in total. The number of hydrogen-bond donors (Lipinski definition) is 0. The van der Waals surface area contributed by atoms with Gasteiger partial charge in [0.1, 0.15) is 0 Å². The second-order valence-corrected chi connectivity index (χ2v) is 8.11. The molecule has 1 saturated heterocycles. The Morgan fingerprint density at radius 2 is 1.79 bits per heavy atom. The van der Waals surface area contributed by atoms with Gasteiger partial charge in [0.15, 0.2) is 5.17 Å². The standard InChI is InChI=1S/C23H21N3OS/c1-16-8-3-4-10-20(16)15-26-22(27)17(2)28-23(26)25-24-14-19-12-7-11-18-9-5-6-13-21(18)19/h3-14,17H,15H2,1-2H3/b24-14-,25-23+/t17-/m1/s1. The molecule has 28 heavy (non-hydrogen) atoms. The van der Waals surface area contributed by atoms with Gasteiger partial charge in [0.05, 0.1) is 18.0 Å². The summed E-state index contributed by atoms with van der Waals surface area (Å²) in [5.74, 6) is 0.0763. The van der Waals surface area contributed by atoms with Crippen molar-refractivity contribution in [3.8, 4) is 0 Å². The Hall–Kier alpha value is -2.92. The van der Waals surface area contributed by atoms with Gasteiger partial charge >= 0.3 is 0 Å². The van der Waals surface area contributed by atoms with Crippen LogP contribution >= 0.6 is 11.8 Å². The lowest BCUT2D eigenvalue weighted by Crippen LogP contribution is -2.31. The van der Waals surface area contributed by atoms with E-state index < -0.39 is 0 Å². The smallest absolute Gasteiger partial charge is 0.242 e. The van der Waals surface area contributed by atoms with Crippen molar-refractivity contribution in [2.75, 3.05) is 0 Å². The third kappa shape index (κ3) is 3.71. The number of thioether (sulfide) groups is 1. The predicted molar refractivity (Wildman–Crippen MR) is 118 cm³/mol. The van der Waals surface area contributed by atoms with Gasteiger partial charge in [0, 0.05) is 5.56 Å². The lowest BCUT2D eigenvalue weighted by atomic mass is 10.1. The first kappa shape index (κ1) is 18.4. The number of aryl methyl sites for hydroxylation is 1. The molecule has 1 heterocycles. The average Bonchev–Trinajstić information content (AvgIpc) is 2.97. The minimum atomic E-state index is -0.143. The van der Waals surface area contributed by atoms with Crippen molar-refractivity contribution in [2.24, 2.45) is 10.2 Å². The highest BCUT2D eigenvalue weighted by Crippen LogP contribution is 2.29. The zero-order valence-electron chi connectivity index (χ0n) is 15.9. The lowest BCUT2D eigenvalue weighted by Gasteiger charge is -2.16. The van der Waals surface area contributed by atoms with Crippen molar-refractivity contribution in [3.63, 3.8) is 0 Å². The monoisotopic (exact) mass is 387 g/mol. The number of hydrogen-bond acceptors (Lipinski definition) is 4. The molecule has 1 aliphatic heterocycles. The van der Waals surface area contributed by atoms with E-state index in [1.54, 1.807) is 11.1 Å². The molecule has 1 atom stereocenters. The summed E-state index contributed by atoms with van der Waals surface area (Å²) in [6, 6.07) is 22.4. The van der Waals surface area contributed by atoms with Gasteiger partial charge in [-0.25, -0.2) is 0 Å². The zero-order chi connectivity index (χ0) is 19.5. The summed E-state index contributed by atoms with van der Waals surface area (Å²) in [5, 5.41) is 11.5. The van der Waals surface area contributed by atoms with E-state index in [0.717, 1.165) is 16.5 Å². The first-order valence-corrected chi connectivity index (χ1v) is 10.1. The van der Waals surface area contributed by atoms with E-state index in [9.17, 15) is 4.79 Å². The van der Waals surface area contributed by atoms with Crippen molar-refractivity contribution < 1.29 is 4.79 Å². The molecule has 0 radical (unpaired) electrons. The quantitative estimate of drug-likeness (QED) is 0.467. The fourth-order valence-electron chi connectivity index (χ4n) is 3.27. The predicted octanol–water partition coefficient (Wildman–Crippen LogP) is 5.00. The van der Waals surface area contributed by atoms with Crippen LogP contribution in [-0.4, -0.2) is 27.4 Å². The van der Waals surface area contributed by atoms with Crippen LogP contribution in [0.5, 0.6) is 0 Å². The van der Waals surface area contributed by atoms with Crippen LogP contribution in [0, 0.1) is 6.92 Å². The summed E-state index contributed by atoms with van der Waals surface area (Å²) in [6.45, 7) is 4.49. The van der Waals surface area contributed by atoms with Crippen molar-refractivity contribution in [1.29, 1.82) is 0 Å². The molecule has 1 amide bonds. The van der Waals surface area contributed by atoms with Crippen LogP contribution in [0.15, 0.2) is 76.9 Å². The van der Waals surface area contributed by atoms with Gasteiger partial charge in [-0.3, -0.25) is 9.69 Å². The van der Waals surface area contributed by atoms with Crippen LogP contribution in [-0.2, 0) is 11.3 Å². The molecule has 1 aliphatic rings. The van der Waals surface area contributed by atoms with Crippen LogP contribution in [0.2, 0.25) is 0 Å². The highest BCUT2D eigenvalue weighted by atomic mass is 32.2. The molecule has 3 aromatic rings. The summed E-state index contributed by atoms with van der Waals surface area (Å²) in [5.41, 5.74) is 3.30. The summed E-state index contributed by atoms with van der Waals surface area (Å²) >= 11 is 1.46. The Bertz CT molecular complexity index is 1080. The minimum Gasteiger partial charge on any atom is -0.284 e. The van der Waals surface area contributed by atoms with E-state index in [4.69, 9.17) is 0 Å². The van der Waals surface area contributed by atoms with Gasteiger partial charge in [-0.1, -0.05) is 78.5 Å². The Morgan fingerprint density at radius 1 is 1.04 bits per heavy atom. The molecule has 1 fully saturated rings. The fraction of sp³-hybridized carbons (Fsp3) is 0.174. The van der Waals surface area contributed by atoms with E-state index in [1.807, 2.05) is 49.4 Å². The van der Waals surface area contributed by atoms with Gasteiger partial charge in [-0.15, -0.1) is 5.10 Å². The molecule has 0 aromatic heterocycles. The highest BCUT2D eigenvalue weighted by Gasteiger charge is 2.35. The molecular weight excluding hydrogens is 366 g/mol. The highest BCUT2D eigenvalue weighted by molar-refractivity contribution is 8.15. The third-order valence-electron chi connectivity index (χ3n) is 4.88. The van der Waals surface area contributed by atoms with Gasteiger partial charge in [0.2, 0.25) is 5.91 Å². The second kappa shape index (κ2) is 7.98. The molecular formula is C23H21N3OS. The molecule has 0 saturated carbocycles. The van der Waals surface area contributed by atoms with Crippen LogP contribution in [0.4, 0.5) is 0 Å². The third-order valence-corrected chi connectivity index (χ3v) is 5.95. The molecule has 0 bridgehead atoms. The van der Waals surface area contributed by atoms with E-state index in [0.29, 0.717) is 11.7 Å². The SMILES string of the molecule is Cc1ccccc1CN1C(=O)[C@@H](C)S/C1=N/N=C\c1cccc2ccccc12. The number of carbonyl (C=O) groups excluding carboxylic acids is 1. The van der Waals surface area contributed by atoms with Crippen molar-refractivity contribution >= 4 is 39.8 Å². The zero-order valence-corrected chi connectivity index (χ0v) is 16.7. The normalized spacial score (nSPS) is 18.6. The molecule has 3 aromatic carbocycles. The number of amidine groups is 1. The van der Waals surface area contributed by atoms with E-state index in [2.05, 4.69) is 41.4 Å². The molecule has 5 heteroatoms. The maximum Gasteiger partial charge on any atom is 0.242 e. The molecule has 0 aliphatic carbocycles. The number of nitrogens with zero attached hydrogens (tertiary/aromatic N) is 3. The van der Waals surface area contributed by atoms with Gasteiger partial charge < -0.3 is 0 Å². The number of carbonyl (C=O) groups is 1. The molecule has 0 spiro atoms. The maximum atomic E-state index is 12.6. The maximum absolute atomic E-state index is 12.6. The summed E-state index contributed by atoms with van der Waals surface area (Å²) < 4.78 is 0. The van der Waals surface area contributed by atoms with Crippen LogP contribution in [0.3, 0.4) is 0 Å². The van der Waals surface area contributed by atoms with Crippen LogP contribution < -0.4 is 0 Å². The Morgan fingerprint density at radius 3 is 2.64 bits per heavy atom. The van der Waals surface area contributed by atoms with Crippen molar-refractivity contribution in [3.05, 3.63) is 83.4 Å². The minimum absolute atomic E-state index is 0.0763. The van der Waals surface area contributed by atoms with E-state index in [-0.39, 0.29) is 11.2 Å². The molecule has 0 N–H and O–H groups in total. The summed E-state index contributed by atoms with van der Waals surface area (Å²) in [7, 11) is 0. The molecule has 4 rings (SSSR count). The topological polar surface area (TPSA) is 45.0 Å². The fourth-order valence-corrected chi connectivity index (χ4v) is 4.19. The first-order chi connectivity index (χ1) is 13.6. The number of amides is 1.